The van der Waals surface area contributed by atoms with Gasteiger partial charge in [-0.2, -0.15) is 0 Å². The van der Waals surface area contributed by atoms with E-state index in [1.54, 1.807) is 0 Å². The third-order valence-corrected chi connectivity index (χ3v) is 4.64. The quantitative estimate of drug-likeness (QED) is 0.802. The van der Waals surface area contributed by atoms with Crippen molar-refractivity contribution in [2.75, 3.05) is 26.2 Å². The van der Waals surface area contributed by atoms with E-state index in [2.05, 4.69) is 30.1 Å². The van der Waals surface area contributed by atoms with E-state index in [1.165, 1.54) is 5.56 Å². The second-order valence-corrected chi connectivity index (χ2v) is 5.73. The van der Waals surface area contributed by atoms with Gasteiger partial charge in [0.2, 0.25) is 5.91 Å². The van der Waals surface area contributed by atoms with Crippen molar-refractivity contribution in [2.24, 2.45) is 5.73 Å². The number of benzene rings is 1. The number of hydrogen-bond donors (Lipinski definition) is 2. The molecule has 0 radical (unpaired) electrons. The van der Waals surface area contributed by atoms with Crippen molar-refractivity contribution < 1.29 is 4.79 Å². The van der Waals surface area contributed by atoms with Gasteiger partial charge >= 0.3 is 0 Å². The summed E-state index contributed by atoms with van der Waals surface area (Å²) in [5.74, 6) is -0.255. The predicted octanol–water partition coefficient (Wildman–Crippen LogP) is 1.63. The van der Waals surface area contributed by atoms with Gasteiger partial charge in [0.25, 0.3) is 0 Å². The molecule has 1 aliphatic rings. The molecule has 0 fully saturated rings. The maximum absolute atomic E-state index is 12.2. The number of nitrogens with two attached hydrogens (primary N) is 1. The largest absolute Gasteiger partial charge is 0.368 e. The maximum Gasteiger partial charge on any atom is 0.242 e. The molecule has 0 spiro atoms. The third kappa shape index (κ3) is 3.27. The highest BCUT2D eigenvalue weighted by atomic mass is 16.1. The number of primary amides is 1. The molecule has 1 amide bonds. The van der Waals surface area contributed by atoms with E-state index < -0.39 is 5.54 Å². The summed E-state index contributed by atoms with van der Waals surface area (Å²) in [7, 11) is 0. The van der Waals surface area contributed by atoms with Crippen molar-refractivity contribution >= 4 is 5.91 Å². The Morgan fingerprint density at radius 1 is 1.33 bits per heavy atom. The van der Waals surface area contributed by atoms with Crippen LogP contribution in [0.2, 0.25) is 0 Å². The third-order valence-electron chi connectivity index (χ3n) is 4.64. The highest BCUT2D eigenvalue weighted by molar-refractivity contribution is 5.87. The molecule has 1 aliphatic carbocycles. The Morgan fingerprint density at radius 2 is 2.05 bits per heavy atom. The zero-order valence-corrected chi connectivity index (χ0v) is 13.2. The zero-order chi connectivity index (χ0) is 15.3. The first kappa shape index (κ1) is 16.0. The van der Waals surface area contributed by atoms with Crippen LogP contribution in [0.4, 0.5) is 0 Å². The Bertz CT molecular complexity index is 485. The lowest BCUT2D eigenvalue weighted by Gasteiger charge is -2.38. The fourth-order valence-corrected chi connectivity index (χ4v) is 3.33. The molecule has 1 unspecified atom stereocenters. The van der Waals surface area contributed by atoms with Crippen LogP contribution in [0.3, 0.4) is 0 Å². The molecule has 1 atom stereocenters. The summed E-state index contributed by atoms with van der Waals surface area (Å²) in [5.41, 5.74) is 7.41. The lowest BCUT2D eigenvalue weighted by molar-refractivity contribution is -0.125. The minimum absolute atomic E-state index is 0.255. The molecular formula is C17H27N3O. The standard InChI is InChI=1S/C17H27N3O/c1-3-20(4-2)13-12-19-17(16(18)21)11-7-9-14-8-5-6-10-15(14)17/h5-6,8,10,19H,3-4,7,9,11-13H2,1-2H3,(H2,18,21). The second-order valence-electron chi connectivity index (χ2n) is 5.73. The van der Waals surface area contributed by atoms with Gasteiger partial charge in [0.05, 0.1) is 0 Å². The average Bonchev–Trinajstić information content (AvgIpc) is 2.51. The van der Waals surface area contributed by atoms with Gasteiger partial charge in [0.1, 0.15) is 5.54 Å². The van der Waals surface area contributed by atoms with Crippen molar-refractivity contribution in [3.05, 3.63) is 35.4 Å². The topological polar surface area (TPSA) is 58.4 Å². The van der Waals surface area contributed by atoms with E-state index >= 15 is 0 Å². The maximum atomic E-state index is 12.2. The molecule has 0 aliphatic heterocycles. The number of fused-ring (bicyclic) bond motifs is 1. The molecule has 0 aromatic heterocycles. The molecule has 0 saturated heterocycles. The average molecular weight is 289 g/mol. The van der Waals surface area contributed by atoms with E-state index in [1.807, 2.05) is 18.2 Å². The smallest absolute Gasteiger partial charge is 0.242 e. The van der Waals surface area contributed by atoms with Gasteiger partial charge < -0.3 is 10.6 Å². The van der Waals surface area contributed by atoms with E-state index in [4.69, 9.17) is 5.73 Å². The molecule has 1 aromatic carbocycles. The van der Waals surface area contributed by atoms with Crippen LogP contribution in [0, 0.1) is 0 Å². The molecule has 0 heterocycles. The molecule has 116 valence electrons. The van der Waals surface area contributed by atoms with Crippen molar-refractivity contribution in [3.8, 4) is 0 Å². The Kier molecular flexibility index (Phi) is 5.37. The normalized spacial score (nSPS) is 21.3. The predicted molar refractivity (Wildman–Crippen MR) is 86.0 cm³/mol. The van der Waals surface area contributed by atoms with Crippen molar-refractivity contribution in [3.63, 3.8) is 0 Å². The summed E-state index contributed by atoms with van der Waals surface area (Å²) in [5, 5.41) is 3.47. The second kappa shape index (κ2) is 7.05. The number of likely N-dealkylation sites (N-methyl/N-ethyl adjacent to an activating group) is 1. The first-order valence-corrected chi connectivity index (χ1v) is 7.99. The molecule has 0 saturated carbocycles. The number of carbonyl (C=O) groups is 1. The Morgan fingerprint density at radius 3 is 2.71 bits per heavy atom. The first-order chi connectivity index (χ1) is 10.1. The van der Waals surface area contributed by atoms with Crippen LogP contribution in [-0.2, 0) is 16.8 Å². The van der Waals surface area contributed by atoms with Crippen molar-refractivity contribution in [2.45, 2.75) is 38.6 Å². The summed E-state index contributed by atoms with van der Waals surface area (Å²) < 4.78 is 0. The number of aryl methyl sites for hydroxylation is 1. The molecule has 2 rings (SSSR count). The summed E-state index contributed by atoms with van der Waals surface area (Å²) in [6, 6.07) is 8.18. The lowest BCUT2D eigenvalue weighted by atomic mass is 9.76. The molecule has 3 N–H and O–H groups in total. The summed E-state index contributed by atoms with van der Waals surface area (Å²) in [6.45, 7) is 8.08. The Balaban J connectivity index is 2.17. The van der Waals surface area contributed by atoms with Crippen LogP contribution in [0.15, 0.2) is 24.3 Å². The monoisotopic (exact) mass is 289 g/mol. The summed E-state index contributed by atoms with van der Waals surface area (Å²) in [4.78, 5) is 14.5. The minimum atomic E-state index is -0.692. The van der Waals surface area contributed by atoms with Gasteiger partial charge in [-0.25, -0.2) is 0 Å². The number of carbonyl (C=O) groups excluding carboxylic acids is 1. The Hall–Kier alpha value is -1.39. The fraction of sp³-hybridized carbons (Fsp3) is 0.588. The fourth-order valence-electron chi connectivity index (χ4n) is 3.33. The summed E-state index contributed by atoms with van der Waals surface area (Å²) in [6.07, 6.45) is 2.82. The van der Waals surface area contributed by atoms with Crippen molar-refractivity contribution in [1.82, 2.24) is 10.2 Å². The number of amides is 1. The molecule has 4 heteroatoms. The number of hydrogen-bond acceptors (Lipinski definition) is 3. The molecular weight excluding hydrogens is 262 g/mol. The number of rotatable bonds is 7. The lowest BCUT2D eigenvalue weighted by Crippen LogP contribution is -2.55. The van der Waals surface area contributed by atoms with E-state index in [0.29, 0.717) is 0 Å². The molecule has 4 nitrogen and oxygen atoms in total. The zero-order valence-electron chi connectivity index (χ0n) is 13.2. The minimum Gasteiger partial charge on any atom is -0.368 e. The van der Waals surface area contributed by atoms with Crippen molar-refractivity contribution in [1.29, 1.82) is 0 Å². The van der Waals surface area contributed by atoms with Crippen LogP contribution in [0.1, 0.15) is 37.8 Å². The van der Waals surface area contributed by atoms with Gasteiger partial charge in [-0.3, -0.25) is 10.1 Å². The van der Waals surface area contributed by atoms with Crippen LogP contribution >= 0.6 is 0 Å². The van der Waals surface area contributed by atoms with Crippen LogP contribution < -0.4 is 11.1 Å². The van der Waals surface area contributed by atoms with Gasteiger partial charge in [-0.15, -0.1) is 0 Å². The van der Waals surface area contributed by atoms with Crippen LogP contribution in [-0.4, -0.2) is 37.0 Å². The molecule has 0 bridgehead atoms. The highest BCUT2D eigenvalue weighted by Gasteiger charge is 2.41. The van der Waals surface area contributed by atoms with E-state index in [-0.39, 0.29) is 5.91 Å². The van der Waals surface area contributed by atoms with Crippen LogP contribution in [0.5, 0.6) is 0 Å². The number of nitrogens with zero attached hydrogens (tertiary/aromatic N) is 1. The summed E-state index contributed by atoms with van der Waals surface area (Å²) >= 11 is 0. The van der Waals surface area contributed by atoms with Crippen LogP contribution in [0.25, 0.3) is 0 Å². The van der Waals surface area contributed by atoms with Gasteiger partial charge in [-0.05, 0) is 43.5 Å². The number of nitrogens with one attached hydrogen (secondary N) is 1. The van der Waals surface area contributed by atoms with E-state index in [0.717, 1.165) is 51.0 Å². The highest BCUT2D eigenvalue weighted by Crippen LogP contribution is 2.35. The van der Waals surface area contributed by atoms with Gasteiger partial charge in [0.15, 0.2) is 0 Å². The SMILES string of the molecule is CCN(CC)CCNC1(C(N)=O)CCCc2ccccc21. The molecule has 1 aromatic rings. The Labute approximate surface area is 127 Å². The van der Waals surface area contributed by atoms with Gasteiger partial charge in [-0.1, -0.05) is 38.1 Å². The van der Waals surface area contributed by atoms with E-state index in [9.17, 15) is 4.79 Å². The first-order valence-electron chi connectivity index (χ1n) is 7.99. The van der Waals surface area contributed by atoms with Gasteiger partial charge in [0, 0.05) is 13.1 Å². The molecule has 21 heavy (non-hydrogen) atoms.